The van der Waals surface area contributed by atoms with E-state index in [0.717, 1.165) is 22.6 Å². The smallest absolute Gasteiger partial charge is 0.251 e. The monoisotopic (exact) mass is 340 g/mol. The number of benzene rings is 2. The maximum atomic E-state index is 12.2. The number of carbonyl (C=O) groups excluding carboxylic acids is 2. The van der Waals surface area contributed by atoms with Gasteiger partial charge in [0.2, 0.25) is 12.7 Å². The molecule has 25 heavy (non-hydrogen) atoms. The lowest BCUT2D eigenvalue weighted by atomic mass is 10.1. The van der Waals surface area contributed by atoms with Gasteiger partial charge in [0, 0.05) is 25.6 Å². The first kappa shape index (κ1) is 16.8. The van der Waals surface area contributed by atoms with Gasteiger partial charge >= 0.3 is 0 Å². The molecule has 0 radical (unpaired) electrons. The summed E-state index contributed by atoms with van der Waals surface area (Å²) in [6.45, 7) is 2.73. The fourth-order valence-corrected chi connectivity index (χ4v) is 2.52. The zero-order chi connectivity index (χ0) is 17.6. The molecule has 0 aromatic heterocycles. The van der Waals surface area contributed by atoms with Crippen LogP contribution in [0.4, 0.5) is 0 Å². The van der Waals surface area contributed by atoms with Crippen LogP contribution in [0.5, 0.6) is 11.5 Å². The first-order valence-electron chi connectivity index (χ1n) is 8.12. The Kier molecular flexibility index (Phi) is 5.18. The van der Waals surface area contributed by atoms with Gasteiger partial charge in [0.25, 0.3) is 5.91 Å². The van der Waals surface area contributed by atoms with Crippen molar-refractivity contribution in [2.45, 2.75) is 19.9 Å². The highest BCUT2D eigenvalue weighted by Crippen LogP contribution is 2.32. The van der Waals surface area contributed by atoms with Gasteiger partial charge in [0.15, 0.2) is 11.5 Å². The van der Waals surface area contributed by atoms with E-state index in [1.54, 1.807) is 12.1 Å². The second kappa shape index (κ2) is 7.70. The summed E-state index contributed by atoms with van der Waals surface area (Å²) < 4.78 is 10.6. The molecule has 2 aromatic rings. The molecule has 0 spiro atoms. The van der Waals surface area contributed by atoms with E-state index in [1.165, 1.54) is 6.92 Å². The molecule has 2 aromatic carbocycles. The molecule has 0 fully saturated rings. The molecule has 0 unspecified atom stereocenters. The minimum absolute atomic E-state index is 0.0784. The van der Waals surface area contributed by atoms with Crippen LogP contribution in [0.25, 0.3) is 0 Å². The van der Waals surface area contributed by atoms with Crippen molar-refractivity contribution in [2.75, 3.05) is 13.3 Å². The Morgan fingerprint density at radius 2 is 1.68 bits per heavy atom. The summed E-state index contributed by atoms with van der Waals surface area (Å²) >= 11 is 0. The largest absolute Gasteiger partial charge is 0.454 e. The van der Waals surface area contributed by atoms with Gasteiger partial charge in [0.05, 0.1) is 0 Å². The third-order valence-corrected chi connectivity index (χ3v) is 3.89. The number of amides is 2. The zero-order valence-corrected chi connectivity index (χ0v) is 14.0. The van der Waals surface area contributed by atoms with Crippen LogP contribution in [0.15, 0.2) is 42.5 Å². The van der Waals surface area contributed by atoms with E-state index in [4.69, 9.17) is 9.47 Å². The molecule has 2 amide bonds. The summed E-state index contributed by atoms with van der Waals surface area (Å²) in [6, 6.07) is 13.0. The first-order chi connectivity index (χ1) is 12.1. The van der Waals surface area contributed by atoms with Crippen LogP contribution in [-0.2, 0) is 17.8 Å². The topological polar surface area (TPSA) is 76.7 Å². The Morgan fingerprint density at radius 3 is 2.44 bits per heavy atom. The summed E-state index contributed by atoms with van der Waals surface area (Å²) in [5.74, 6) is 1.31. The molecule has 0 saturated heterocycles. The maximum Gasteiger partial charge on any atom is 0.251 e. The van der Waals surface area contributed by atoms with Crippen LogP contribution in [-0.4, -0.2) is 25.2 Å². The fourth-order valence-electron chi connectivity index (χ4n) is 2.52. The summed E-state index contributed by atoms with van der Waals surface area (Å²) in [6.07, 6.45) is 0.711. The Labute approximate surface area is 146 Å². The van der Waals surface area contributed by atoms with E-state index in [-0.39, 0.29) is 18.6 Å². The SMILES string of the molecule is CC(=O)NCc1ccc(C(=O)NCCc2ccc3c(c2)OCO3)cc1. The third-order valence-electron chi connectivity index (χ3n) is 3.89. The van der Waals surface area contributed by atoms with E-state index in [9.17, 15) is 9.59 Å². The molecule has 3 rings (SSSR count). The van der Waals surface area contributed by atoms with Crippen molar-refractivity contribution >= 4 is 11.8 Å². The van der Waals surface area contributed by atoms with Gasteiger partial charge < -0.3 is 20.1 Å². The Bertz CT molecular complexity index is 771. The summed E-state index contributed by atoms with van der Waals surface area (Å²) in [5.41, 5.74) is 2.62. The molecule has 6 nitrogen and oxygen atoms in total. The van der Waals surface area contributed by atoms with Crippen molar-refractivity contribution in [1.82, 2.24) is 10.6 Å². The van der Waals surface area contributed by atoms with Gasteiger partial charge in [-0.3, -0.25) is 9.59 Å². The third kappa shape index (κ3) is 4.50. The van der Waals surface area contributed by atoms with Crippen molar-refractivity contribution in [1.29, 1.82) is 0 Å². The van der Waals surface area contributed by atoms with Crippen molar-refractivity contribution in [3.63, 3.8) is 0 Å². The maximum absolute atomic E-state index is 12.2. The van der Waals surface area contributed by atoms with E-state index in [0.29, 0.717) is 25.1 Å². The molecule has 6 heteroatoms. The van der Waals surface area contributed by atoms with Crippen molar-refractivity contribution in [3.8, 4) is 11.5 Å². The first-order valence-corrected chi connectivity index (χ1v) is 8.12. The lowest BCUT2D eigenvalue weighted by Gasteiger charge is -2.07. The molecule has 130 valence electrons. The molecule has 1 aliphatic heterocycles. The summed E-state index contributed by atoms with van der Waals surface area (Å²) in [4.78, 5) is 23.1. The standard InChI is InChI=1S/C19H20N2O4/c1-13(22)21-11-15-2-5-16(6-3-15)19(23)20-9-8-14-4-7-17-18(10-14)25-12-24-17/h2-7,10H,8-9,11-12H2,1H3,(H,20,23)(H,21,22). The van der Waals surface area contributed by atoms with Gasteiger partial charge in [-0.2, -0.15) is 0 Å². The number of hydrogen-bond acceptors (Lipinski definition) is 4. The van der Waals surface area contributed by atoms with Crippen LogP contribution in [0.2, 0.25) is 0 Å². The average Bonchev–Trinajstić information content (AvgIpc) is 3.08. The molecule has 2 N–H and O–H groups in total. The van der Waals surface area contributed by atoms with Gasteiger partial charge in [-0.15, -0.1) is 0 Å². The molecular weight excluding hydrogens is 320 g/mol. The summed E-state index contributed by atoms with van der Waals surface area (Å²) in [5, 5.41) is 5.63. The van der Waals surface area contributed by atoms with E-state index < -0.39 is 0 Å². The predicted molar refractivity (Wildman–Crippen MR) is 92.6 cm³/mol. The molecule has 0 bridgehead atoms. The van der Waals surface area contributed by atoms with E-state index in [1.807, 2.05) is 30.3 Å². The molecule has 0 aliphatic carbocycles. The highest BCUT2D eigenvalue weighted by molar-refractivity contribution is 5.94. The number of nitrogens with one attached hydrogen (secondary N) is 2. The number of rotatable bonds is 6. The van der Waals surface area contributed by atoms with Gasteiger partial charge in [-0.25, -0.2) is 0 Å². The van der Waals surface area contributed by atoms with Crippen molar-refractivity contribution in [3.05, 3.63) is 59.2 Å². The molecular formula is C19H20N2O4. The highest BCUT2D eigenvalue weighted by Gasteiger charge is 2.13. The van der Waals surface area contributed by atoms with Gasteiger partial charge in [0.1, 0.15) is 0 Å². The minimum Gasteiger partial charge on any atom is -0.454 e. The zero-order valence-electron chi connectivity index (χ0n) is 14.0. The van der Waals surface area contributed by atoms with E-state index >= 15 is 0 Å². The van der Waals surface area contributed by atoms with Crippen LogP contribution in [0, 0.1) is 0 Å². The Hall–Kier alpha value is -3.02. The van der Waals surface area contributed by atoms with Crippen LogP contribution in [0.1, 0.15) is 28.4 Å². The second-order valence-corrected chi connectivity index (χ2v) is 5.80. The normalized spacial score (nSPS) is 11.9. The van der Waals surface area contributed by atoms with Gasteiger partial charge in [-0.1, -0.05) is 18.2 Å². The number of carbonyl (C=O) groups is 2. The van der Waals surface area contributed by atoms with Crippen molar-refractivity contribution < 1.29 is 19.1 Å². The Balaban J connectivity index is 1.48. The van der Waals surface area contributed by atoms with Crippen LogP contribution >= 0.6 is 0 Å². The summed E-state index contributed by atoms with van der Waals surface area (Å²) in [7, 11) is 0. The quantitative estimate of drug-likeness (QED) is 0.843. The van der Waals surface area contributed by atoms with E-state index in [2.05, 4.69) is 10.6 Å². The molecule has 1 heterocycles. The van der Waals surface area contributed by atoms with Crippen LogP contribution in [0.3, 0.4) is 0 Å². The fraction of sp³-hybridized carbons (Fsp3) is 0.263. The number of fused-ring (bicyclic) bond motifs is 1. The van der Waals surface area contributed by atoms with Crippen molar-refractivity contribution in [2.24, 2.45) is 0 Å². The lowest BCUT2D eigenvalue weighted by Crippen LogP contribution is -2.25. The predicted octanol–water partition coefficient (Wildman–Crippen LogP) is 2.02. The van der Waals surface area contributed by atoms with Crippen LogP contribution < -0.4 is 20.1 Å². The number of hydrogen-bond donors (Lipinski definition) is 2. The molecule has 0 saturated carbocycles. The molecule has 0 atom stereocenters. The van der Waals surface area contributed by atoms with Gasteiger partial charge in [-0.05, 0) is 41.8 Å². The minimum atomic E-state index is -0.119. The Morgan fingerprint density at radius 1 is 0.960 bits per heavy atom. The number of ether oxygens (including phenoxy) is 2. The average molecular weight is 340 g/mol. The lowest BCUT2D eigenvalue weighted by molar-refractivity contribution is -0.119. The second-order valence-electron chi connectivity index (χ2n) is 5.80. The highest BCUT2D eigenvalue weighted by atomic mass is 16.7. The molecule has 1 aliphatic rings.